The number of aliphatic imine (C=N–C) groups is 1. The van der Waals surface area contributed by atoms with E-state index in [0.29, 0.717) is 13.1 Å². The van der Waals surface area contributed by atoms with Crippen molar-refractivity contribution in [3.05, 3.63) is 64.7 Å². The van der Waals surface area contributed by atoms with Gasteiger partial charge < -0.3 is 20.1 Å². The number of methoxy groups -OCH3 is 2. The molecule has 0 saturated carbocycles. The zero-order chi connectivity index (χ0) is 20.6. The van der Waals surface area contributed by atoms with Crippen molar-refractivity contribution in [3.63, 3.8) is 0 Å². The molecule has 0 saturated heterocycles. The molecule has 0 aliphatic heterocycles. The molecule has 7 heteroatoms. The Morgan fingerprint density at radius 2 is 1.79 bits per heavy atom. The van der Waals surface area contributed by atoms with Gasteiger partial charge in [-0.3, -0.25) is 4.99 Å². The Hall–Kier alpha value is -3.06. The molecule has 0 fully saturated rings. The normalized spacial score (nSPS) is 11.2. The van der Waals surface area contributed by atoms with Gasteiger partial charge in [0.25, 0.3) is 0 Å². The minimum atomic E-state index is 0.587. The van der Waals surface area contributed by atoms with Gasteiger partial charge in [-0.2, -0.15) is 0 Å². The first-order chi connectivity index (χ1) is 14.1. The van der Waals surface area contributed by atoms with Crippen molar-refractivity contribution in [2.75, 3.05) is 21.3 Å². The van der Waals surface area contributed by atoms with Gasteiger partial charge in [-0.1, -0.05) is 30.3 Å². The molecule has 2 aromatic carbocycles. The maximum atomic E-state index is 5.46. The molecule has 2 N–H and O–H groups in total. The van der Waals surface area contributed by atoms with E-state index in [-0.39, 0.29) is 0 Å². The Kier molecular flexibility index (Phi) is 7.08. The van der Waals surface area contributed by atoms with Crippen molar-refractivity contribution >= 4 is 17.3 Å². The van der Waals surface area contributed by atoms with Crippen LogP contribution in [0.1, 0.15) is 16.1 Å². The monoisotopic (exact) mass is 410 g/mol. The number of rotatable bonds is 7. The Morgan fingerprint density at radius 3 is 2.48 bits per heavy atom. The van der Waals surface area contributed by atoms with E-state index in [1.807, 2.05) is 43.3 Å². The lowest BCUT2D eigenvalue weighted by Gasteiger charge is -2.14. The summed E-state index contributed by atoms with van der Waals surface area (Å²) in [6, 6.07) is 16.0. The van der Waals surface area contributed by atoms with Crippen molar-refractivity contribution in [1.29, 1.82) is 0 Å². The highest BCUT2D eigenvalue weighted by molar-refractivity contribution is 7.15. The predicted molar refractivity (Wildman–Crippen MR) is 119 cm³/mol. The first-order valence-electron chi connectivity index (χ1n) is 9.31. The van der Waals surface area contributed by atoms with Crippen molar-refractivity contribution in [2.45, 2.75) is 20.0 Å². The quantitative estimate of drug-likeness (QED) is 0.455. The molecule has 0 atom stereocenters. The summed E-state index contributed by atoms with van der Waals surface area (Å²) in [6.07, 6.45) is 0. The van der Waals surface area contributed by atoms with E-state index in [0.717, 1.165) is 39.3 Å². The maximum Gasteiger partial charge on any atom is 0.191 e. The lowest BCUT2D eigenvalue weighted by molar-refractivity contribution is 0.390. The number of benzene rings is 2. The third-order valence-corrected chi connectivity index (χ3v) is 5.70. The van der Waals surface area contributed by atoms with Gasteiger partial charge in [-0.05, 0) is 19.1 Å². The molecule has 0 bridgehead atoms. The molecule has 29 heavy (non-hydrogen) atoms. The van der Waals surface area contributed by atoms with Crippen LogP contribution >= 0.6 is 11.3 Å². The number of guanidine groups is 1. The smallest absolute Gasteiger partial charge is 0.191 e. The zero-order valence-electron chi connectivity index (χ0n) is 17.2. The lowest BCUT2D eigenvalue weighted by atomic mass is 10.2. The molecule has 3 aromatic rings. The molecular weight excluding hydrogens is 384 g/mol. The second kappa shape index (κ2) is 9.93. The van der Waals surface area contributed by atoms with E-state index in [1.165, 1.54) is 4.88 Å². The number of nitrogens with zero attached hydrogens (tertiary/aromatic N) is 2. The number of aryl methyl sites for hydroxylation is 1. The van der Waals surface area contributed by atoms with Crippen LogP contribution in [0.3, 0.4) is 0 Å². The fraction of sp³-hybridized carbons (Fsp3) is 0.273. The molecule has 0 amide bonds. The predicted octanol–water partition coefficient (Wildman–Crippen LogP) is 4.00. The highest BCUT2D eigenvalue weighted by Gasteiger charge is 2.11. The molecule has 1 aromatic heterocycles. The number of hydrogen-bond donors (Lipinski definition) is 2. The molecule has 0 aliphatic carbocycles. The van der Waals surface area contributed by atoms with Gasteiger partial charge in [0.05, 0.1) is 26.5 Å². The van der Waals surface area contributed by atoms with Crippen LogP contribution in [0.4, 0.5) is 0 Å². The summed E-state index contributed by atoms with van der Waals surface area (Å²) in [7, 11) is 5.06. The van der Waals surface area contributed by atoms with Crippen LogP contribution in [0.5, 0.6) is 11.5 Å². The van der Waals surface area contributed by atoms with Crippen molar-refractivity contribution in [3.8, 4) is 22.1 Å². The number of nitrogens with one attached hydrogen (secondary N) is 2. The Bertz CT molecular complexity index is 970. The summed E-state index contributed by atoms with van der Waals surface area (Å²) < 4.78 is 10.7. The van der Waals surface area contributed by atoms with Gasteiger partial charge in [0.1, 0.15) is 16.5 Å². The van der Waals surface area contributed by atoms with Gasteiger partial charge in [-0.15, -0.1) is 11.3 Å². The van der Waals surface area contributed by atoms with E-state index in [4.69, 9.17) is 14.5 Å². The van der Waals surface area contributed by atoms with E-state index in [2.05, 4.69) is 27.8 Å². The van der Waals surface area contributed by atoms with Crippen LogP contribution < -0.4 is 20.1 Å². The molecule has 0 spiro atoms. The van der Waals surface area contributed by atoms with Gasteiger partial charge in [-0.25, -0.2) is 4.98 Å². The molecule has 152 valence electrons. The first kappa shape index (κ1) is 20.7. The number of thiazole rings is 1. The largest absolute Gasteiger partial charge is 0.497 e. The van der Waals surface area contributed by atoms with Crippen molar-refractivity contribution in [1.82, 2.24) is 15.6 Å². The summed E-state index contributed by atoms with van der Waals surface area (Å²) in [4.78, 5) is 10.2. The average Bonchev–Trinajstić information content (AvgIpc) is 3.15. The Labute approximate surface area is 175 Å². The van der Waals surface area contributed by atoms with Crippen LogP contribution in [-0.2, 0) is 13.1 Å². The standard InChI is InChI=1S/C22H26N4O2S/c1-15-20(29-21(26-15)16-8-6-5-7-9-16)14-25-22(23-2)24-13-17-10-11-18(27-3)12-19(17)28-4/h5-12H,13-14H2,1-4H3,(H2,23,24,25). The third kappa shape index (κ3) is 5.26. The van der Waals surface area contributed by atoms with Gasteiger partial charge >= 0.3 is 0 Å². The summed E-state index contributed by atoms with van der Waals surface area (Å²) in [5.41, 5.74) is 3.20. The number of hydrogen-bond acceptors (Lipinski definition) is 5. The zero-order valence-corrected chi connectivity index (χ0v) is 18.0. The topological polar surface area (TPSA) is 67.8 Å². The van der Waals surface area contributed by atoms with Crippen LogP contribution in [0.25, 0.3) is 10.6 Å². The van der Waals surface area contributed by atoms with Gasteiger partial charge in [0.2, 0.25) is 0 Å². The fourth-order valence-electron chi connectivity index (χ4n) is 2.86. The second-order valence-corrected chi connectivity index (χ2v) is 7.43. The second-order valence-electron chi connectivity index (χ2n) is 6.35. The third-order valence-electron chi connectivity index (χ3n) is 4.49. The summed E-state index contributed by atoms with van der Waals surface area (Å²) >= 11 is 1.70. The molecule has 0 radical (unpaired) electrons. The highest BCUT2D eigenvalue weighted by atomic mass is 32.1. The summed E-state index contributed by atoms with van der Waals surface area (Å²) in [6.45, 7) is 3.29. The Balaban J connectivity index is 1.61. The van der Waals surface area contributed by atoms with Gasteiger partial charge in [0, 0.05) is 35.7 Å². The van der Waals surface area contributed by atoms with Crippen LogP contribution in [-0.4, -0.2) is 32.2 Å². The molecule has 0 unspecified atom stereocenters. The van der Waals surface area contributed by atoms with Crippen LogP contribution in [0.2, 0.25) is 0 Å². The number of aromatic nitrogens is 1. The highest BCUT2D eigenvalue weighted by Crippen LogP contribution is 2.27. The number of ether oxygens (including phenoxy) is 2. The van der Waals surface area contributed by atoms with E-state index >= 15 is 0 Å². The lowest BCUT2D eigenvalue weighted by Crippen LogP contribution is -2.36. The van der Waals surface area contributed by atoms with E-state index in [9.17, 15) is 0 Å². The molecule has 1 heterocycles. The van der Waals surface area contributed by atoms with Gasteiger partial charge in [0.15, 0.2) is 5.96 Å². The van der Waals surface area contributed by atoms with Crippen LogP contribution in [0, 0.1) is 6.92 Å². The Morgan fingerprint density at radius 1 is 1.03 bits per heavy atom. The average molecular weight is 411 g/mol. The summed E-state index contributed by atoms with van der Waals surface area (Å²) in [5.74, 6) is 2.26. The van der Waals surface area contributed by atoms with Crippen LogP contribution in [0.15, 0.2) is 53.5 Å². The first-order valence-corrected chi connectivity index (χ1v) is 10.1. The molecule has 3 rings (SSSR count). The minimum absolute atomic E-state index is 0.587. The van der Waals surface area contributed by atoms with Crippen molar-refractivity contribution < 1.29 is 9.47 Å². The molecular formula is C22H26N4O2S. The maximum absolute atomic E-state index is 5.46. The van der Waals surface area contributed by atoms with E-state index < -0.39 is 0 Å². The fourth-order valence-corrected chi connectivity index (χ4v) is 3.87. The van der Waals surface area contributed by atoms with E-state index in [1.54, 1.807) is 32.6 Å². The molecule has 6 nitrogen and oxygen atoms in total. The minimum Gasteiger partial charge on any atom is -0.497 e. The van der Waals surface area contributed by atoms with Crippen molar-refractivity contribution in [2.24, 2.45) is 4.99 Å². The molecule has 0 aliphatic rings. The summed E-state index contributed by atoms with van der Waals surface area (Å²) in [5, 5.41) is 7.73. The SMILES string of the molecule is CN=C(NCc1ccc(OC)cc1OC)NCc1sc(-c2ccccc2)nc1C.